The van der Waals surface area contributed by atoms with Gasteiger partial charge in [-0.15, -0.1) is 0 Å². The molecule has 2 rings (SSSR count). The highest BCUT2D eigenvalue weighted by molar-refractivity contribution is 7.86. The molecule has 0 aromatic heterocycles. The number of nitrogens with one attached hydrogen (secondary N) is 1. The van der Waals surface area contributed by atoms with Crippen LogP contribution in [0.5, 0.6) is 0 Å². The average Bonchev–Trinajstić information content (AvgIpc) is 3.27. The van der Waals surface area contributed by atoms with Crippen molar-refractivity contribution in [2.45, 2.75) is 70.0 Å². The molecule has 0 aromatic rings. The summed E-state index contributed by atoms with van der Waals surface area (Å²) in [7, 11) is -5.25. The maximum atomic E-state index is 13.7. The fourth-order valence-corrected chi connectivity index (χ4v) is 6.45. The lowest BCUT2D eigenvalue weighted by atomic mass is 9.79. The second kappa shape index (κ2) is 10.9. The van der Waals surface area contributed by atoms with Gasteiger partial charge in [0.15, 0.2) is 0 Å². The lowest BCUT2D eigenvalue weighted by Crippen LogP contribution is -2.56. The molecule has 180 valence electrons. The lowest BCUT2D eigenvalue weighted by Gasteiger charge is -2.36. The summed E-state index contributed by atoms with van der Waals surface area (Å²) >= 11 is 0. The van der Waals surface area contributed by atoms with E-state index in [9.17, 15) is 13.2 Å². The molecule has 13 heteroatoms. The van der Waals surface area contributed by atoms with Crippen molar-refractivity contribution < 1.29 is 28.0 Å². The molecule has 0 saturated carbocycles. The number of hydrogen-bond acceptors (Lipinski definition) is 8. The smallest absolute Gasteiger partial charge is 0.427 e. The van der Waals surface area contributed by atoms with E-state index in [0.717, 1.165) is 0 Å². The summed E-state index contributed by atoms with van der Waals surface area (Å²) in [5.74, 6) is -0.440. The Morgan fingerprint density at radius 3 is 2.65 bits per heavy atom. The summed E-state index contributed by atoms with van der Waals surface area (Å²) in [6.45, 7) is 6.52. The van der Waals surface area contributed by atoms with Crippen LogP contribution in [0.4, 0.5) is 0 Å². The number of amides is 1. The topological polar surface area (TPSA) is 171 Å². The van der Waals surface area contributed by atoms with Crippen molar-refractivity contribution in [3.8, 4) is 0 Å². The predicted octanol–water partition coefficient (Wildman–Crippen LogP) is -1.92. The van der Waals surface area contributed by atoms with E-state index < -0.39 is 35.0 Å². The second-order valence-electron chi connectivity index (χ2n) is 9.14. The molecule has 2 heterocycles. The van der Waals surface area contributed by atoms with Crippen LogP contribution in [0.2, 0.25) is 6.32 Å². The van der Waals surface area contributed by atoms with E-state index in [4.69, 9.17) is 26.3 Å². The molecule has 2 unspecified atom stereocenters. The van der Waals surface area contributed by atoms with Gasteiger partial charge in [-0.2, -0.15) is 17.0 Å². The molecule has 2 fully saturated rings. The first-order chi connectivity index (χ1) is 14.4. The average molecular weight is 463 g/mol. The van der Waals surface area contributed by atoms with Crippen molar-refractivity contribution in [1.29, 1.82) is 0 Å². The molecular weight excluding hydrogens is 425 g/mol. The molecule has 2 saturated heterocycles. The van der Waals surface area contributed by atoms with Crippen LogP contribution >= 0.6 is 0 Å². The highest BCUT2D eigenvalue weighted by atomic mass is 32.2. The molecule has 1 amide bonds. The monoisotopic (exact) mass is 463 g/mol. The summed E-state index contributed by atoms with van der Waals surface area (Å²) in [6.07, 6.45) is 1.95. The predicted molar refractivity (Wildman–Crippen MR) is 118 cm³/mol. The maximum absolute atomic E-state index is 13.7. The van der Waals surface area contributed by atoms with E-state index in [0.29, 0.717) is 32.5 Å². The number of hydrogen-bond donors (Lipinski definition) is 5. The standard InChI is InChI=1S/C18H38BN5O6S/c1-13(9-22-17(25)14(2)20)24(16-6-8-30-11-16)31(28,29)23-10-15(18(3,21)12-23)5-4-7-19(26)27/h13-16,26-27H,4-12,20-21H2,1-3H3,(H,22,25)/t13?,14-,15-,16?,18-/m0/s1. The molecule has 2 aliphatic heterocycles. The Labute approximate surface area is 185 Å². The van der Waals surface area contributed by atoms with Gasteiger partial charge in [-0.3, -0.25) is 4.79 Å². The minimum absolute atomic E-state index is 0.101. The van der Waals surface area contributed by atoms with Crippen LogP contribution in [-0.4, -0.2) is 96.6 Å². The molecule has 31 heavy (non-hydrogen) atoms. The zero-order valence-electron chi connectivity index (χ0n) is 18.7. The Hall–Kier alpha value is -0.795. The van der Waals surface area contributed by atoms with Crippen LogP contribution in [0.15, 0.2) is 0 Å². The molecule has 0 aliphatic carbocycles. The Morgan fingerprint density at radius 1 is 1.42 bits per heavy atom. The van der Waals surface area contributed by atoms with Crippen LogP contribution in [0.1, 0.15) is 40.0 Å². The van der Waals surface area contributed by atoms with E-state index in [1.165, 1.54) is 8.61 Å². The van der Waals surface area contributed by atoms with Gasteiger partial charge in [0.2, 0.25) is 5.91 Å². The summed E-state index contributed by atoms with van der Waals surface area (Å²) < 4.78 is 35.7. The Balaban J connectivity index is 2.15. The van der Waals surface area contributed by atoms with Crippen LogP contribution < -0.4 is 16.8 Å². The number of carbonyl (C=O) groups excluding carboxylic acids is 1. The summed E-state index contributed by atoms with van der Waals surface area (Å²) in [5.41, 5.74) is 11.3. The van der Waals surface area contributed by atoms with Crippen molar-refractivity contribution in [2.24, 2.45) is 17.4 Å². The fraction of sp³-hybridized carbons (Fsp3) is 0.944. The maximum Gasteiger partial charge on any atom is 0.451 e. The van der Waals surface area contributed by atoms with E-state index in [1.54, 1.807) is 13.8 Å². The van der Waals surface area contributed by atoms with Crippen LogP contribution in [0.3, 0.4) is 0 Å². The van der Waals surface area contributed by atoms with Gasteiger partial charge < -0.3 is 31.6 Å². The number of nitrogens with zero attached hydrogens (tertiary/aromatic N) is 2. The van der Waals surface area contributed by atoms with Crippen molar-refractivity contribution in [1.82, 2.24) is 13.9 Å². The summed E-state index contributed by atoms with van der Waals surface area (Å²) in [5, 5.41) is 20.9. The zero-order valence-corrected chi connectivity index (χ0v) is 19.6. The van der Waals surface area contributed by atoms with Crippen molar-refractivity contribution in [2.75, 3.05) is 32.8 Å². The van der Waals surface area contributed by atoms with Gasteiger partial charge in [-0.1, -0.05) is 6.42 Å². The van der Waals surface area contributed by atoms with Gasteiger partial charge in [0, 0.05) is 37.8 Å². The van der Waals surface area contributed by atoms with Gasteiger partial charge >= 0.3 is 7.12 Å². The third-order valence-electron chi connectivity index (χ3n) is 6.17. The fourth-order valence-electron chi connectivity index (χ4n) is 4.30. The minimum Gasteiger partial charge on any atom is -0.427 e. The van der Waals surface area contributed by atoms with E-state index >= 15 is 0 Å². The second-order valence-corrected chi connectivity index (χ2v) is 11.0. The summed E-state index contributed by atoms with van der Waals surface area (Å²) in [6, 6.07) is -1.49. The first kappa shape index (κ1) is 26.5. The minimum atomic E-state index is -3.87. The van der Waals surface area contributed by atoms with Gasteiger partial charge in [0.25, 0.3) is 10.2 Å². The molecule has 0 radical (unpaired) electrons. The normalized spacial score (nSPS) is 29.3. The molecule has 0 bridgehead atoms. The Morgan fingerprint density at radius 2 is 2.10 bits per heavy atom. The van der Waals surface area contributed by atoms with Crippen LogP contribution in [0, 0.1) is 5.92 Å². The third kappa shape index (κ3) is 6.84. The number of carbonyl (C=O) groups is 1. The number of nitrogens with two attached hydrogens (primary N) is 2. The number of rotatable bonds is 11. The Bertz CT molecular complexity index is 702. The van der Waals surface area contributed by atoms with E-state index in [1.807, 2.05) is 6.92 Å². The Kier molecular flexibility index (Phi) is 9.29. The largest absolute Gasteiger partial charge is 0.451 e. The van der Waals surface area contributed by atoms with Crippen molar-refractivity contribution in [3.63, 3.8) is 0 Å². The zero-order chi connectivity index (χ0) is 23.4. The van der Waals surface area contributed by atoms with Gasteiger partial charge in [0.05, 0.1) is 18.7 Å². The first-order valence-electron chi connectivity index (χ1n) is 10.9. The highest BCUT2D eigenvalue weighted by Gasteiger charge is 2.48. The first-order valence-corrected chi connectivity index (χ1v) is 12.3. The summed E-state index contributed by atoms with van der Waals surface area (Å²) in [4.78, 5) is 11.9. The van der Waals surface area contributed by atoms with E-state index in [2.05, 4.69) is 5.32 Å². The molecule has 7 N–H and O–H groups in total. The van der Waals surface area contributed by atoms with Gasteiger partial charge in [-0.05, 0) is 45.9 Å². The van der Waals surface area contributed by atoms with E-state index in [-0.39, 0.29) is 43.8 Å². The molecule has 2 aliphatic rings. The van der Waals surface area contributed by atoms with Crippen LogP contribution in [-0.2, 0) is 19.7 Å². The number of ether oxygens (including phenoxy) is 1. The van der Waals surface area contributed by atoms with Gasteiger partial charge in [-0.25, -0.2) is 0 Å². The molecule has 0 spiro atoms. The quantitative estimate of drug-likeness (QED) is 0.221. The highest BCUT2D eigenvalue weighted by Crippen LogP contribution is 2.34. The lowest BCUT2D eigenvalue weighted by molar-refractivity contribution is -0.122. The SMILES string of the molecule is CC(CNC(=O)[C@H](C)N)N(C1CCOC1)S(=O)(=O)N1C[C@H](CCCB(O)O)[C@@](C)(N)C1. The van der Waals surface area contributed by atoms with Crippen molar-refractivity contribution >= 4 is 23.2 Å². The van der Waals surface area contributed by atoms with Crippen molar-refractivity contribution in [3.05, 3.63) is 0 Å². The molecule has 0 aromatic carbocycles. The molecule has 11 nitrogen and oxygen atoms in total. The third-order valence-corrected chi connectivity index (χ3v) is 8.29. The van der Waals surface area contributed by atoms with Crippen LogP contribution in [0.25, 0.3) is 0 Å². The molecular formula is C18H38BN5O6S. The molecule has 5 atom stereocenters. The van der Waals surface area contributed by atoms with Gasteiger partial charge in [0.1, 0.15) is 0 Å².